The Balaban J connectivity index is 2.46. The zero-order valence-corrected chi connectivity index (χ0v) is 14.5. The van der Waals surface area contributed by atoms with Gasteiger partial charge in [0.2, 0.25) is 0 Å². The predicted octanol–water partition coefficient (Wildman–Crippen LogP) is 3.11. The molecule has 0 unspecified atom stereocenters. The highest BCUT2D eigenvalue weighted by Crippen LogP contribution is 2.24. The summed E-state index contributed by atoms with van der Waals surface area (Å²) in [5, 5.41) is 0. The third-order valence-electron chi connectivity index (χ3n) is 3.14. The van der Waals surface area contributed by atoms with Gasteiger partial charge in [-0.15, -0.1) is 0 Å². The molecule has 134 valence electrons. The Labute approximate surface area is 144 Å². The molecular weight excluding hydrogens is 352 g/mol. The number of sulfonamides is 1. The third kappa shape index (κ3) is 4.76. The molecule has 0 radical (unpaired) electrons. The van der Waals surface area contributed by atoms with Crippen molar-refractivity contribution in [3.63, 3.8) is 0 Å². The fourth-order valence-corrected chi connectivity index (χ4v) is 3.50. The Kier molecular flexibility index (Phi) is 5.73. The van der Waals surface area contributed by atoms with Crippen LogP contribution >= 0.6 is 0 Å². The van der Waals surface area contributed by atoms with Gasteiger partial charge in [0.1, 0.15) is 18.2 Å². The molecule has 2 aromatic carbocycles. The lowest BCUT2D eigenvalue weighted by Crippen LogP contribution is -2.37. The van der Waals surface area contributed by atoms with Crippen molar-refractivity contribution in [2.45, 2.75) is 24.8 Å². The number of esters is 1. The van der Waals surface area contributed by atoms with Crippen molar-refractivity contribution in [1.82, 2.24) is 0 Å². The molecule has 0 saturated heterocycles. The predicted molar refractivity (Wildman–Crippen MR) is 88.6 cm³/mol. The van der Waals surface area contributed by atoms with E-state index in [1.165, 1.54) is 12.1 Å². The van der Waals surface area contributed by atoms with Crippen LogP contribution < -0.4 is 4.31 Å². The standard InChI is InChI=1S/C17H17F2NO4S/c1-12(2)24-17(21)11-20(15-5-3-4-14(19)10-15)25(22,23)16-8-6-13(18)7-9-16/h3-10,12H,11H2,1-2H3. The average molecular weight is 369 g/mol. The van der Waals surface area contributed by atoms with E-state index in [4.69, 9.17) is 4.74 Å². The van der Waals surface area contributed by atoms with E-state index in [2.05, 4.69) is 0 Å². The Hall–Kier alpha value is -2.48. The number of nitrogens with zero attached hydrogens (tertiary/aromatic N) is 1. The first-order valence-corrected chi connectivity index (χ1v) is 8.87. The van der Waals surface area contributed by atoms with E-state index in [1.54, 1.807) is 13.8 Å². The molecule has 0 spiro atoms. The monoisotopic (exact) mass is 369 g/mol. The zero-order valence-electron chi connectivity index (χ0n) is 13.6. The van der Waals surface area contributed by atoms with Gasteiger partial charge < -0.3 is 4.74 Å². The third-order valence-corrected chi connectivity index (χ3v) is 4.93. The molecule has 0 N–H and O–H groups in total. The summed E-state index contributed by atoms with van der Waals surface area (Å²) in [6, 6.07) is 8.95. The van der Waals surface area contributed by atoms with Crippen LogP contribution in [0.15, 0.2) is 53.4 Å². The van der Waals surface area contributed by atoms with Crippen LogP contribution in [0.3, 0.4) is 0 Å². The number of hydrogen-bond acceptors (Lipinski definition) is 4. The second-order valence-electron chi connectivity index (χ2n) is 5.48. The molecule has 5 nitrogen and oxygen atoms in total. The summed E-state index contributed by atoms with van der Waals surface area (Å²) in [7, 11) is -4.22. The minimum atomic E-state index is -4.22. The van der Waals surface area contributed by atoms with Gasteiger partial charge in [-0.3, -0.25) is 9.10 Å². The summed E-state index contributed by atoms with van der Waals surface area (Å²) in [4.78, 5) is 11.7. The maximum absolute atomic E-state index is 13.5. The Bertz CT molecular complexity index is 851. The van der Waals surface area contributed by atoms with Crippen molar-refractivity contribution in [3.05, 3.63) is 60.2 Å². The first-order chi connectivity index (χ1) is 11.7. The number of halogens is 2. The maximum atomic E-state index is 13.5. The van der Waals surface area contributed by atoms with E-state index in [0.29, 0.717) is 0 Å². The molecule has 8 heteroatoms. The second kappa shape index (κ2) is 7.60. The first-order valence-electron chi connectivity index (χ1n) is 7.43. The molecule has 0 bridgehead atoms. The Morgan fingerprint density at radius 3 is 2.28 bits per heavy atom. The van der Waals surface area contributed by atoms with Crippen molar-refractivity contribution in [1.29, 1.82) is 0 Å². The summed E-state index contributed by atoms with van der Waals surface area (Å²) < 4.78 is 58.0. The molecule has 0 fully saturated rings. The van der Waals surface area contributed by atoms with E-state index in [9.17, 15) is 22.0 Å². The summed E-state index contributed by atoms with van der Waals surface area (Å²) in [5.74, 6) is -2.05. The van der Waals surface area contributed by atoms with Crippen LogP contribution in [0, 0.1) is 11.6 Å². The second-order valence-corrected chi connectivity index (χ2v) is 7.35. The van der Waals surface area contributed by atoms with Gasteiger partial charge in [0.05, 0.1) is 16.7 Å². The molecule has 0 amide bonds. The van der Waals surface area contributed by atoms with Gasteiger partial charge in [-0.05, 0) is 56.3 Å². The van der Waals surface area contributed by atoms with Gasteiger partial charge in [0, 0.05) is 0 Å². The molecule has 0 aliphatic carbocycles. The fourth-order valence-electron chi connectivity index (χ4n) is 2.10. The van der Waals surface area contributed by atoms with Gasteiger partial charge >= 0.3 is 5.97 Å². The molecule has 0 heterocycles. The van der Waals surface area contributed by atoms with E-state index < -0.39 is 40.3 Å². The smallest absolute Gasteiger partial charge is 0.327 e. The van der Waals surface area contributed by atoms with Gasteiger partial charge in [0.25, 0.3) is 10.0 Å². The van der Waals surface area contributed by atoms with Crippen LogP contribution in [0.25, 0.3) is 0 Å². The molecule has 2 aromatic rings. The van der Waals surface area contributed by atoms with Gasteiger partial charge in [0.15, 0.2) is 0 Å². The first kappa shape index (κ1) is 18.9. The quantitative estimate of drug-likeness (QED) is 0.734. The van der Waals surface area contributed by atoms with Crippen molar-refractivity contribution in [2.75, 3.05) is 10.8 Å². The molecule has 0 aliphatic heterocycles. The highest BCUT2D eigenvalue weighted by molar-refractivity contribution is 7.92. The van der Waals surface area contributed by atoms with E-state index in [1.807, 2.05) is 0 Å². The molecule has 0 atom stereocenters. The fraction of sp³-hybridized carbons (Fsp3) is 0.235. The number of benzene rings is 2. The number of carbonyl (C=O) groups is 1. The number of rotatable bonds is 6. The van der Waals surface area contributed by atoms with Crippen molar-refractivity contribution >= 4 is 21.7 Å². The molecule has 25 heavy (non-hydrogen) atoms. The molecule has 0 saturated carbocycles. The lowest BCUT2D eigenvalue weighted by molar-refractivity contribution is -0.145. The number of hydrogen-bond donors (Lipinski definition) is 0. The SMILES string of the molecule is CC(C)OC(=O)CN(c1cccc(F)c1)S(=O)(=O)c1ccc(F)cc1. The highest BCUT2D eigenvalue weighted by Gasteiger charge is 2.28. The Morgan fingerprint density at radius 1 is 1.08 bits per heavy atom. The topological polar surface area (TPSA) is 63.7 Å². The molecule has 0 aliphatic rings. The van der Waals surface area contributed by atoms with Crippen molar-refractivity contribution in [2.24, 2.45) is 0 Å². The lowest BCUT2D eigenvalue weighted by atomic mass is 10.3. The van der Waals surface area contributed by atoms with Crippen LogP contribution in [-0.2, 0) is 19.6 Å². The van der Waals surface area contributed by atoms with Crippen molar-refractivity contribution < 1.29 is 26.7 Å². The van der Waals surface area contributed by atoms with Gasteiger partial charge in [-0.1, -0.05) is 6.07 Å². The highest BCUT2D eigenvalue weighted by atomic mass is 32.2. The number of anilines is 1. The van der Waals surface area contributed by atoms with E-state index >= 15 is 0 Å². The molecule has 0 aromatic heterocycles. The van der Waals surface area contributed by atoms with Crippen LogP contribution in [0.2, 0.25) is 0 Å². The molecule has 2 rings (SSSR count). The lowest BCUT2D eigenvalue weighted by Gasteiger charge is -2.24. The molecular formula is C17H17F2NO4S. The van der Waals surface area contributed by atoms with Crippen LogP contribution in [0.1, 0.15) is 13.8 Å². The van der Waals surface area contributed by atoms with Crippen LogP contribution in [0.5, 0.6) is 0 Å². The van der Waals surface area contributed by atoms with Gasteiger partial charge in [-0.2, -0.15) is 0 Å². The summed E-state index contributed by atoms with van der Waals surface area (Å²) >= 11 is 0. The Morgan fingerprint density at radius 2 is 1.72 bits per heavy atom. The minimum Gasteiger partial charge on any atom is -0.462 e. The largest absolute Gasteiger partial charge is 0.462 e. The summed E-state index contributed by atoms with van der Waals surface area (Å²) in [5.41, 5.74) is -0.0370. The van der Waals surface area contributed by atoms with Gasteiger partial charge in [-0.25, -0.2) is 17.2 Å². The van der Waals surface area contributed by atoms with E-state index in [-0.39, 0.29) is 10.6 Å². The number of ether oxygens (including phenoxy) is 1. The minimum absolute atomic E-state index is 0.0370. The summed E-state index contributed by atoms with van der Waals surface area (Å²) in [6.45, 7) is 2.61. The average Bonchev–Trinajstić information content (AvgIpc) is 2.52. The van der Waals surface area contributed by atoms with Crippen molar-refractivity contribution in [3.8, 4) is 0 Å². The summed E-state index contributed by atoms with van der Waals surface area (Å²) in [6.07, 6.45) is -0.435. The van der Waals surface area contributed by atoms with E-state index in [0.717, 1.165) is 40.7 Å². The van der Waals surface area contributed by atoms with Crippen LogP contribution in [0.4, 0.5) is 14.5 Å². The zero-order chi connectivity index (χ0) is 18.6. The maximum Gasteiger partial charge on any atom is 0.327 e. The van der Waals surface area contributed by atoms with Crippen LogP contribution in [-0.4, -0.2) is 27.0 Å². The number of carbonyl (C=O) groups excluding carboxylic acids is 1. The normalized spacial score (nSPS) is 11.4.